The van der Waals surface area contributed by atoms with Crippen molar-refractivity contribution in [3.05, 3.63) is 35.0 Å². The molecule has 0 saturated carbocycles. The maximum atomic E-state index is 12.6. The topological polar surface area (TPSA) is 102 Å². The number of hydrogen-bond acceptors (Lipinski definition) is 8. The van der Waals surface area contributed by atoms with Crippen LogP contribution in [0.15, 0.2) is 28.5 Å². The smallest absolute Gasteiger partial charge is 0.227 e. The summed E-state index contributed by atoms with van der Waals surface area (Å²) in [6.07, 6.45) is 4.69. The van der Waals surface area contributed by atoms with E-state index in [1.54, 1.807) is 11.3 Å². The van der Waals surface area contributed by atoms with Gasteiger partial charge in [0.25, 0.3) is 0 Å². The molecular formula is C23H28N6O2S2. The Morgan fingerprint density at radius 2 is 2.03 bits per heavy atom. The molecule has 3 aliphatic rings. The maximum Gasteiger partial charge on any atom is 0.227 e. The monoisotopic (exact) mass is 484 g/mol. The van der Waals surface area contributed by atoms with Gasteiger partial charge in [0.05, 0.1) is 16.3 Å². The van der Waals surface area contributed by atoms with Crippen LogP contribution >= 0.6 is 11.3 Å². The van der Waals surface area contributed by atoms with Crippen LogP contribution in [0.1, 0.15) is 43.0 Å². The number of piperidine rings is 1. The van der Waals surface area contributed by atoms with Crippen LogP contribution in [0.25, 0.3) is 10.6 Å². The number of nitrogens with zero attached hydrogens (tertiary/aromatic N) is 4. The molecular weight excluding hydrogens is 456 g/mol. The van der Waals surface area contributed by atoms with Crippen molar-refractivity contribution in [2.45, 2.75) is 49.0 Å². The quantitative estimate of drug-likeness (QED) is 0.534. The molecule has 3 aliphatic heterocycles. The fraction of sp³-hybridized carbons (Fsp3) is 0.522. The SMILES string of the molecule is [O-][S+]1CCc2nc(N3CCC(c4cc(-c5cccs5)[nH]n4)CC3)nc(NC3CCOCC3)c21. The molecule has 0 amide bonds. The number of anilines is 2. The number of aromatic nitrogens is 4. The molecule has 8 nitrogen and oxygen atoms in total. The first kappa shape index (κ1) is 21.4. The van der Waals surface area contributed by atoms with Gasteiger partial charge in [0.15, 0.2) is 5.82 Å². The minimum Gasteiger partial charge on any atom is -0.611 e. The lowest BCUT2D eigenvalue weighted by Crippen LogP contribution is -2.35. The van der Waals surface area contributed by atoms with Crippen LogP contribution in [0.2, 0.25) is 0 Å². The molecule has 10 heteroatoms. The highest BCUT2D eigenvalue weighted by Crippen LogP contribution is 2.35. The second-order valence-electron chi connectivity index (χ2n) is 8.92. The van der Waals surface area contributed by atoms with E-state index in [1.807, 2.05) is 0 Å². The van der Waals surface area contributed by atoms with E-state index in [0.29, 0.717) is 17.7 Å². The Morgan fingerprint density at radius 3 is 2.82 bits per heavy atom. The van der Waals surface area contributed by atoms with Gasteiger partial charge in [-0.05, 0) is 54.4 Å². The second kappa shape index (κ2) is 9.25. The third-order valence-electron chi connectivity index (χ3n) is 6.82. The fourth-order valence-electron chi connectivity index (χ4n) is 4.94. The molecule has 0 bridgehead atoms. The van der Waals surface area contributed by atoms with Crippen molar-refractivity contribution in [1.29, 1.82) is 0 Å². The Kier molecular flexibility index (Phi) is 6.00. The average molecular weight is 485 g/mol. The number of hydrogen-bond donors (Lipinski definition) is 2. The summed E-state index contributed by atoms with van der Waals surface area (Å²) in [6, 6.07) is 6.69. The van der Waals surface area contributed by atoms with Crippen molar-refractivity contribution in [2.75, 3.05) is 42.3 Å². The molecule has 0 radical (unpaired) electrons. The first-order valence-electron chi connectivity index (χ1n) is 11.7. The van der Waals surface area contributed by atoms with E-state index >= 15 is 0 Å². The molecule has 6 heterocycles. The Bertz CT molecular complexity index is 1090. The molecule has 0 spiro atoms. The van der Waals surface area contributed by atoms with Crippen LogP contribution in [0.3, 0.4) is 0 Å². The zero-order valence-corrected chi connectivity index (χ0v) is 20.1. The summed E-state index contributed by atoms with van der Waals surface area (Å²) >= 11 is 0.710. The van der Waals surface area contributed by atoms with Gasteiger partial charge >= 0.3 is 0 Å². The van der Waals surface area contributed by atoms with Gasteiger partial charge in [-0.3, -0.25) is 5.10 Å². The van der Waals surface area contributed by atoms with E-state index in [-0.39, 0.29) is 0 Å². The van der Waals surface area contributed by atoms with Crippen molar-refractivity contribution >= 4 is 34.3 Å². The van der Waals surface area contributed by atoms with E-state index in [0.717, 1.165) is 92.2 Å². The Balaban J connectivity index is 1.17. The molecule has 3 aromatic rings. The second-order valence-corrected chi connectivity index (χ2v) is 11.4. The lowest BCUT2D eigenvalue weighted by atomic mass is 9.93. The first-order valence-corrected chi connectivity index (χ1v) is 13.9. The molecule has 1 unspecified atom stereocenters. The summed E-state index contributed by atoms with van der Waals surface area (Å²) in [6.45, 7) is 3.31. The molecule has 2 saturated heterocycles. The maximum absolute atomic E-state index is 12.6. The lowest BCUT2D eigenvalue weighted by molar-refractivity contribution is 0.0903. The number of fused-ring (bicyclic) bond motifs is 1. The zero-order chi connectivity index (χ0) is 22.2. The van der Waals surface area contributed by atoms with Gasteiger partial charge in [-0.15, -0.1) is 11.3 Å². The van der Waals surface area contributed by atoms with Gasteiger partial charge in [-0.25, -0.2) is 4.98 Å². The van der Waals surface area contributed by atoms with Gasteiger partial charge in [0, 0.05) is 44.7 Å². The summed E-state index contributed by atoms with van der Waals surface area (Å²) in [5.41, 5.74) is 3.19. The number of nitrogens with one attached hydrogen (secondary N) is 2. The lowest BCUT2D eigenvalue weighted by Gasteiger charge is -2.32. The summed E-state index contributed by atoms with van der Waals surface area (Å²) in [5, 5.41) is 13.5. The van der Waals surface area contributed by atoms with Crippen LogP contribution in [-0.4, -0.2) is 62.8 Å². The van der Waals surface area contributed by atoms with Crippen molar-refractivity contribution in [3.63, 3.8) is 0 Å². The fourth-order valence-corrected chi connectivity index (χ4v) is 6.94. The summed E-state index contributed by atoms with van der Waals surface area (Å²) in [5.74, 6) is 2.62. The van der Waals surface area contributed by atoms with Gasteiger partial charge in [-0.2, -0.15) is 10.1 Å². The number of aryl methyl sites for hydroxylation is 1. The summed E-state index contributed by atoms with van der Waals surface area (Å²) in [7, 11) is 0. The van der Waals surface area contributed by atoms with E-state index < -0.39 is 11.2 Å². The highest BCUT2D eigenvalue weighted by atomic mass is 32.2. The minimum atomic E-state index is -1.02. The first-order chi connectivity index (χ1) is 16.2. The predicted molar refractivity (Wildman–Crippen MR) is 131 cm³/mol. The van der Waals surface area contributed by atoms with Crippen molar-refractivity contribution in [3.8, 4) is 10.6 Å². The highest BCUT2D eigenvalue weighted by molar-refractivity contribution is 7.91. The molecule has 0 aliphatic carbocycles. The van der Waals surface area contributed by atoms with Gasteiger partial charge < -0.3 is 19.5 Å². The van der Waals surface area contributed by atoms with Crippen molar-refractivity contribution in [1.82, 2.24) is 20.2 Å². The number of thiophene rings is 1. The predicted octanol–water partition coefficient (Wildman–Crippen LogP) is 3.57. The molecule has 2 fully saturated rings. The zero-order valence-electron chi connectivity index (χ0n) is 18.5. The number of H-pyrrole nitrogens is 1. The average Bonchev–Trinajstić information content (AvgIpc) is 3.61. The number of rotatable bonds is 5. The third kappa shape index (κ3) is 4.37. The Hall–Kier alpha value is -2.14. The van der Waals surface area contributed by atoms with Gasteiger partial charge in [-0.1, -0.05) is 6.07 Å². The molecule has 174 valence electrons. The number of ether oxygens (including phenoxy) is 1. The van der Waals surface area contributed by atoms with Crippen molar-refractivity contribution in [2.24, 2.45) is 0 Å². The van der Waals surface area contributed by atoms with Gasteiger partial charge in [0.2, 0.25) is 10.8 Å². The molecule has 6 rings (SSSR count). The Morgan fingerprint density at radius 1 is 1.18 bits per heavy atom. The molecule has 3 aromatic heterocycles. The molecule has 2 N–H and O–H groups in total. The molecule has 1 atom stereocenters. The standard InChI is InChI=1S/C23H28N6O2S2/c30-33-13-7-17-21(33)22(24-16-5-10-31-11-6-16)26-23(25-17)29-8-3-15(4-9-29)18-14-19(28-27-18)20-2-1-12-32-20/h1-2,12,14-16H,3-11,13H2,(H,27,28)(H,24,25,26). The largest absolute Gasteiger partial charge is 0.611 e. The molecule has 0 aromatic carbocycles. The number of aromatic amines is 1. The van der Waals surface area contributed by atoms with E-state index in [1.165, 1.54) is 4.88 Å². The summed E-state index contributed by atoms with van der Waals surface area (Å²) in [4.78, 5) is 14.1. The minimum absolute atomic E-state index is 0.311. The highest BCUT2D eigenvalue weighted by Gasteiger charge is 2.34. The van der Waals surface area contributed by atoms with Crippen LogP contribution < -0.4 is 10.2 Å². The van der Waals surface area contributed by atoms with Crippen molar-refractivity contribution < 1.29 is 9.29 Å². The van der Waals surface area contributed by atoms with Gasteiger partial charge in [0.1, 0.15) is 11.4 Å². The van der Waals surface area contributed by atoms with Crippen LogP contribution in [0, 0.1) is 0 Å². The Labute approximate surface area is 200 Å². The normalized spacial score (nSPS) is 22.0. The van der Waals surface area contributed by atoms with E-state index in [9.17, 15) is 4.55 Å². The van der Waals surface area contributed by atoms with Crippen LogP contribution in [0.5, 0.6) is 0 Å². The van der Waals surface area contributed by atoms with Crippen LogP contribution in [-0.2, 0) is 22.3 Å². The molecule has 33 heavy (non-hydrogen) atoms. The van der Waals surface area contributed by atoms with E-state index in [4.69, 9.17) is 14.7 Å². The van der Waals surface area contributed by atoms with Crippen LogP contribution in [0.4, 0.5) is 11.8 Å². The third-order valence-corrected chi connectivity index (χ3v) is 9.18. The van der Waals surface area contributed by atoms with E-state index in [2.05, 4.69) is 44.0 Å². The summed E-state index contributed by atoms with van der Waals surface area (Å²) < 4.78 is 18.1.